The number of carboxylic acid groups (broad SMARTS) is 1. The van der Waals surface area contributed by atoms with E-state index in [1.807, 2.05) is 0 Å². The third-order valence-electron chi connectivity index (χ3n) is 2.87. The van der Waals surface area contributed by atoms with Crippen LogP contribution in [-0.2, 0) is 9.53 Å². The summed E-state index contributed by atoms with van der Waals surface area (Å²) < 4.78 is 4.88. The number of ether oxygens (including phenoxy) is 1. The molecule has 82 valence electrons. The summed E-state index contributed by atoms with van der Waals surface area (Å²) >= 11 is 0. The molecule has 5 unspecified atom stereocenters. The minimum absolute atomic E-state index is 0. The Hall–Kier alpha value is 0.350. The van der Waals surface area contributed by atoms with Gasteiger partial charge in [-0.2, -0.15) is 0 Å². The smallest absolute Gasteiger partial charge is 0.481 e. The molecule has 0 amide bonds. The second kappa shape index (κ2) is 6.18. The molecule has 1 aliphatic rings. The molecule has 0 spiro atoms. The normalized spacial score (nSPS) is 40.7. The number of rotatable bonds is 2. The molecule has 15 heavy (non-hydrogen) atoms. The summed E-state index contributed by atoms with van der Waals surface area (Å²) in [5.74, 6) is -2.15. The van der Waals surface area contributed by atoms with E-state index in [9.17, 15) is 15.0 Å². The van der Waals surface area contributed by atoms with Crippen LogP contribution in [0.3, 0.4) is 0 Å². The minimum Gasteiger partial charge on any atom is -0.481 e. The zero-order valence-corrected chi connectivity index (χ0v) is 11.3. The zero-order valence-electron chi connectivity index (χ0n) is 9.25. The summed E-state index contributed by atoms with van der Waals surface area (Å²) in [6, 6.07) is 0. The van der Waals surface area contributed by atoms with Crippen molar-refractivity contribution in [1.29, 1.82) is 0 Å². The van der Waals surface area contributed by atoms with Gasteiger partial charge in [0.15, 0.2) is 0 Å². The van der Waals surface area contributed by atoms with E-state index in [2.05, 4.69) is 0 Å². The van der Waals surface area contributed by atoms with Crippen LogP contribution in [0, 0.1) is 11.8 Å². The number of aliphatic hydroxyl groups is 2. The van der Waals surface area contributed by atoms with E-state index in [4.69, 9.17) is 9.84 Å². The summed E-state index contributed by atoms with van der Waals surface area (Å²) in [7, 11) is 1.35. The minimum atomic E-state index is -1.14. The van der Waals surface area contributed by atoms with E-state index in [1.165, 1.54) is 7.11 Å². The first-order valence-electron chi connectivity index (χ1n) is 4.60. The molecule has 1 rings (SSSR count). The van der Waals surface area contributed by atoms with Crippen LogP contribution in [0.1, 0.15) is 13.3 Å². The first-order chi connectivity index (χ1) is 6.49. The molecule has 0 aliphatic heterocycles. The Morgan fingerprint density at radius 1 is 1.40 bits per heavy atom. The Kier molecular flexibility index (Phi) is 6.32. The number of carbonyl (C=O) groups is 1. The molecule has 5 nitrogen and oxygen atoms in total. The largest absolute Gasteiger partial charge is 1.00 e. The van der Waals surface area contributed by atoms with E-state index >= 15 is 0 Å². The third-order valence-corrected chi connectivity index (χ3v) is 2.87. The van der Waals surface area contributed by atoms with Crippen molar-refractivity contribution in [1.82, 2.24) is 0 Å². The van der Waals surface area contributed by atoms with Gasteiger partial charge in [-0.05, 0) is 12.3 Å². The van der Waals surface area contributed by atoms with Gasteiger partial charge in [0.05, 0.1) is 18.1 Å². The van der Waals surface area contributed by atoms with Crippen molar-refractivity contribution < 1.29 is 54.4 Å². The number of aliphatic hydroxyl groups excluding tert-OH is 2. The van der Waals surface area contributed by atoms with Crippen LogP contribution in [-0.4, -0.2) is 46.7 Å². The van der Waals surface area contributed by atoms with E-state index < -0.39 is 30.2 Å². The molecule has 1 aliphatic carbocycles. The summed E-state index contributed by atoms with van der Waals surface area (Å²) in [6.45, 7) is 1.71. The Morgan fingerprint density at radius 3 is 2.33 bits per heavy atom. The predicted octanol–water partition coefficient (Wildman–Crippen LogP) is -3.53. The summed E-state index contributed by atoms with van der Waals surface area (Å²) in [4.78, 5) is 10.8. The summed E-state index contributed by atoms with van der Waals surface area (Å²) in [5, 5.41) is 28.1. The fraction of sp³-hybridized carbons (Fsp3) is 0.889. The fourth-order valence-electron chi connectivity index (χ4n) is 2.12. The average Bonchev–Trinajstić information content (AvgIpc) is 2.02. The van der Waals surface area contributed by atoms with E-state index in [-0.39, 0.29) is 35.5 Å². The van der Waals surface area contributed by atoms with Gasteiger partial charge in [-0.15, -0.1) is 0 Å². The molecule has 5 atom stereocenters. The SMILES string of the molecule is COC1C(O)CC(C)C(C(=O)O)C1O.[Na+]. The first-order valence-corrected chi connectivity index (χ1v) is 4.60. The second-order valence-electron chi connectivity index (χ2n) is 3.84. The molecule has 0 aromatic rings. The molecular formula is C9H16NaO5+. The average molecular weight is 227 g/mol. The van der Waals surface area contributed by atoms with Crippen molar-refractivity contribution in [3.63, 3.8) is 0 Å². The van der Waals surface area contributed by atoms with Gasteiger partial charge in [0.1, 0.15) is 6.10 Å². The quantitative estimate of drug-likeness (QED) is 0.425. The van der Waals surface area contributed by atoms with Gasteiger partial charge < -0.3 is 20.1 Å². The molecule has 1 fully saturated rings. The number of hydrogen-bond acceptors (Lipinski definition) is 4. The summed E-state index contributed by atoms with van der Waals surface area (Å²) in [6.07, 6.45) is -2.39. The first kappa shape index (κ1) is 15.3. The number of carboxylic acids is 1. The van der Waals surface area contributed by atoms with Crippen molar-refractivity contribution >= 4 is 5.97 Å². The molecule has 0 bridgehead atoms. The molecule has 0 aromatic carbocycles. The van der Waals surface area contributed by atoms with Crippen LogP contribution in [0.4, 0.5) is 0 Å². The maximum absolute atomic E-state index is 10.8. The molecular weight excluding hydrogens is 211 g/mol. The van der Waals surface area contributed by atoms with Crippen LogP contribution in [0.15, 0.2) is 0 Å². The van der Waals surface area contributed by atoms with Gasteiger partial charge in [0.2, 0.25) is 0 Å². The molecule has 3 N–H and O–H groups in total. The van der Waals surface area contributed by atoms with Gasteiger partial charge >= 0.3 is 35.5 Å². The van der Waals surface area contributed by atoms with Crippen LogP contribution in [0.2, 0.25) is 0 Å². The summed E-state index contributed by atoms with van der Waals surface area (Å²) in [5.41, 5.74) is 0. The van der Waals surface area contributed by atoms with Crippen molar-refractivity contribution in [2.45, 2.75) is 31.7 Å². The van der Waals surface area contributed by atoms with Crippen molar-refractivity contribution in [3.8, 4) is 0 Å². The van der Waals surface area contributed by atoms with Gasteiger partial charge in [0, 0.05) is 7.11 Å². The fourth-order valence-corrected chi connectivity index (χ4v) is 2.12. The van der Waals surface area contributed by atoms with E-state index in [1.54, 1.807) is 6.92 Å². The Balaban J connectivity index is 0.00000196. The Morgan fingerprint density at radius 2 is 1.93 bits per heavy atom. The molecule has 0 heterocycles. The van der Waals surface area contributed by atoms with Crippen LogP contribution < -0.4 is 29.6 Å². The standard InChI is InChI=1S/C9H16O5.Na/c1-4-3-5(10)8(14-2)7(11)6(4)9(12)13;/h4-8,10-11H,3H2,1-2H3,(H,12,13);/q;+1. The maximum atomic E-state index is 10.8. The zero-order chi connectivity index (χ0) is 10.9. The monoisotopic (exact) mass is 227 g/mol. The van der Waals surface area contributed by atoms with Crippen LogP contribution in [0.25, 0.3) is 0 Å². The number of methoxy groups -OCH3 is 1. The Labute approximate surface area is 111 Å². The predicted molar refractivity (Wildman–Crippen MR) is 47.7 cm³/mol. The number of hydrogen-bond donors (Lipinski definition) is 3. The topological polar surface area (TPSA) is 87.0 Å². The van der Waals surface area contributed by atoms with Crippen molar-refractivity contribution in [2.24, 2.45) is 11.8 Å². The number of aliphatic carboxylic acids is 1. The maximum Gasteiger partial charge on any atom is 1.00 e. The van der Waals surface area contributed by atoms with Crippen molar-refractivity contribution in [2.75, 3.05) is 7.11 Å². The molecule has 0 aromatic heterocycles. The third kappa shape index (κ3) is 3.15. The van der Waals surface area contributed by atoms with Gasteiger partial charge in [-0.1, -0.05) is 6.92 Å². The van der Waals surface area contributed by atoms with Gasteiger partial charge in [-0.25, -0.2) is 0 Å². The molecule has 0 radical (unpaired) electrons. The van der Waals surface area contributed by atoms with Crippen LogP contribution >= 0.6 is 0 Å². The van der Waals surface area contributed by atoms with Gasteiger partial charge in [0.25, 0.3) is 0 Å². The van der Waals surface area contributed by atoms with E-state index in [0.717, 1.165) is 0 Å². The second-order valence-corrected chi connectivity index (χ2v) is 3.84. The van der Waals surface area contributed by atoms with Crippen molar-refractivity contribution in [3.05, 3.63) is 0 Å². The van der Waals surface area contributed by atoms with E-state index in [0.29, 0.717) is 6.42 Å². The molecule has 1 saturated carbocycles. The molecule has 0 saturated heterocycles. The Bertz CT molecular complexity index is 223. The van der Waals surface area contributed by atoms with Gasteiger partial charge in [-0.3, -0.25) is 4.79 Å². The van der Waals surface area contributed by atoms with Crippen LogP contribution in [0.5, 0.6) is 0 Å². The molecule has 6 heteroatoms.